The Bertz CT molecular complexity index is 250. The quantitative estimate of drug-likeness (QED) is 0.537. The van der Waals surface area contributed by atoms with Crippen LogP contribution in [0.4, 0.5) is 13.2 Å². The molecule has 0 saturated carbocycles. The summed E-state index contributed by atoms with van der Waals surface area (Å²) in [5.41, 5.74) is 0. The Morgan fingerprint density at radius 1 is 1.21 bits per heavy atom. The van der Waals surface area contributed by atoms with E-state index in [1.165, 1.54) is 0 Å². The van der Waals surface area contributed by atoms with Crippen molar-refractivity contribution in [3.8, 4) is 0 Å². The molecule has 0 heterocycles. The molecule has 0 aromatic rings. The predicted molar refractivity (Wildman–Crippen MR) is 45.7 cm³/mol. The van der Waals surface area contributed by atoms with Gasteiger partial charge in [-0.05, 0) is 12.8 Å². The van der Waals surface area contributed by atoms with E-state index in [0.717, 1.165) is 0 Å². The van der Waals surface area contributed by atoms with Crippen LogP contribution in [0.5, 0.6) is 0 Å². The molecule has 0 atom stereocenters. The minimum Gasteiger partial charge on any atom is -0.372 e. The van der Waals surface area contributed by atoms with Gasteiger partial charge >= 0.3 is 6.18 Å². The molecule has 0 N–H and O–H groups in total. The van der Waals surface area contributed by atoms with Gasteiger partial charge in [-0.2, -0.15) is 13.2 Å². The maximum absolute atomic E-state index is 11.5. The fourth-order valence-electron chi connectivity index (χ4n) is 0.666. The van der Waals surface area contributed by atoms with Gasteiger partial charge in [0, 0.05) is 17.3 Å². The molecule has 3 nitrogen and oxygen atoms in total. The van der Waals surface area contributed by atoms with Crippen molar-refractivity contribution in [1.29, 1.82) is 0 Å². The van der Waals surface area contributed by atoms with Gasteiger partial charge in [0.2, 0.25) is 9.05 Å². The lowest BCUT2D eigenvalue weighted by Crippen LogP contribution is -2.17. The van der Waals surface area contributed by atoms with E-state index >= 15 is 0 Å². The number of rotatable bonds is 6. The van der Waals surface area contributed by atoms with Gasteiger partial charge in [0.15, 0.2) is 0 Å². The maximum atomic E-state index is 11.5. The Morgan fingerprint density at radius 3 is 2.21 bits per heavy atom. The summed E-state index contributed by atoms with van der Waals surface area (Å²) in [6.45, 7) is -1.42. The molecule has 0 rings (SSSR count). The summed E-state index contributed by atoms with van der Waals surface area (Å²) in [5, 5.41) is 0. The summed E-state index contributed by atoms with van der Waals surface area (Å²) in [6, 6.07) is 0. The highest BCUT2D eigenvalue weighted by atomic mass is 35.7. The zero-order chi connectivity index (χ0) is 11.2. The Labute approximate surface area is 84.6 Å². The second-order valence-electron chi connectivity index (χ2n) is 2.62. The van der Waals surface area contributed by atoms with Gasteiger partial charge in [-0.1, -0.05) is 0 Å². The van der Waals surface area contributed by atoms with Crippen molar-refractivity contribution in [1.82, 2.24) is 0 Å². The lowest BCUT2D eigenvalue weighted by molar-refractivity contribution is -0.174. The van der Waals surface area contributed by atoms with Crippen molar-refractivity contribution in [3.63, 3.8) is 0 Å². The first kappa shape index (κ1) is 14.0. The van der Waals surface area contributed by atoms with Crippen LogP contribution in [0.25, 0.3) is 0 Å². The summed E-state index contributed by atoms with van der Waals surface area (Å²) in [4.78, 5) is 0. The van der Waals surface area contributed by atoms with Crippen LogP contribution in [0.15, 0.2) is 0 Å². The molecule has 0 bridgehead atoms. The number of alkyl halides is 3. The first-order valence-corrected chi connectivity index (χ1v) is 6.25. The molecule has 0 aliphatic carbocycles. The molecule has 8 heteroatoms. The van der Waals surface area contributed by atoms with E-state index in [9.17, 15) is 21.6 Å². The Kier molecular flexibility index (Phi) is 5.77. The summed E-state index contributed by atoms with van der Waals surface area (Å²) in [6.07, 6.45) is -3.90. The molecule has 0 aliphatic heterocycles. The molecule has 0 spiro atoms. The molecule has 0 amide bonds. The molecule has 14 heavy (non-hydrogen) atoms. The molecular formula is C6H10ClF3O3S. The molecule has 86 valence electrons. The maximum Gasteiger partial charge on any atom is 0.411 e. The summed E-state index contributed by atoms with van der Waals surface area (Å²) in [7, 11) is 1.32. The second kappa shape index (κ2) is 5.77. The highest BCUT2D eigenvalue weighted by Gasteiger charge is 2.27. The monoisotopic (exact) mass is 254 g/mol. The van der Waals surface area contributed by atoms with E-state index in [1.54, 1.807) is 0 Å². The normalized spacial score (nSPS) is 13.1. The largest absolute Gasteiger partial charge is 0.411 e. The number of ether oxygens (including phenoxy) is 1. The van der Waals surface area contributed by atoms with Crippen LogP contribution in [0.1, 0.15) is 12.8 Å². The van der Waals surface area contributed by atoms with Crippen molar-refractivity contribution < 1.29 is 26.3 Å². The van der Waals surface area contributed by atoms with Gasteiger partial charge in [-0.3, -0.25) is 0 Å². The minimum absolute atomic E-state index is 0.119. The molecule has 0 saturated heterocycles. The van der Waals surface area contributed by atoms with Gasteiger partial charge < -0.3 is 4.74 Å². The zero-order valence-corrected chi connectivity index (χ0v) is 8.75. The summed E-state index contributed by atoms with van der Waals surface area (Å²) < 4.78 is 59.5. The number of hydrogen-bond acceptors (Lipinski definition) is 3. The minimum atomic E-state index is -4.33. The fraction of sp³-hybridized carbons (Fsp3) is 1.00. The van der Waals surface area contributed by atoms with Crippen molar-refractivity contribution in [2.75, 3.05) is 19.0 Å². The Balaban J connectivity index is 3.32. The summed E-state index contributed by atoms with van der Waals surface area (Å²) in [5.74, 6) is -0.246. The van der Waals surface area contributed by atoms with Crippen molar-refractivity contribution in [3.05, 3.63) is 0 Å². The predicted octanol–water partition coefficient (Wildman–Crippen LogP) is 1.91. The van der Waals surface area contributed by atoms with E-state index in [-0.39, 0.29) is 25.2 Å². The average Bonchev–Trinajstić information content (AvgIpc) is 1.92. The average molecular weight is 255 g/mol. The number of unbranched alkanes of at least 4 members (excludes halogenated alkanes) is 1. The Hall–Kier alpha value is -0.0100. The zero-order valence-electron chi connectivity index (χ0n) is 7.18. The molecular weight excluding hydrogens is 245 g/mol. The standard InChI is InChI=1S/C6H10ClF3O3S/c7-14(11,12)4-2-1-3-13-5-6(8,9)10/h1-5H2. The van der Waals surface area contributed by atoms with Gasteiger partial charge in [0.1, 0.15) is 6.61 Å². The molecule has 0 aliphatic rings. The third-order valence-corrected chi connectivity index (χ3v) is 2.43. The van der Waals surface area contributed by atoms with Crippen molar-refractivity contribution in [2.45, 2.75) is 19.0 Å². The van der Waals surface area contributed by atoms with Crippen LogP contribution >= 0.6 is 10.7 Å². The van der Waals surface area contributed by atoms with E-state index in [1.807, 2.05) is 0 Å². The third kappa shape index (κ3) is 12.0. The molecule has 0 aromatic heterocycles. The molecule has 0 aromatic carbocycles. The van der Waals surface area contributed by atoms with Gasteiger partial charge in [-0.25, -0.2) is 8.42 Å². The van der Waals surface area contributed by atoms with Crippen LogP contribution in [-0.2, 0) is 13.8 Å². The molecule has 0 radical (unpaired) electrons. The second-order valence-corrected chi connectivity index (χ2v) is 5.51. The lowest BCUT2D eigenvalue weighted by atomic mass is 10.4. The lowest BCUT2D eigenvalue weighted by Gasteiger charge is -2.06. The fourth-order valence-corrected chi connectivity index (χ4v) is 1.54. The highest BCUT2D eigenvalue weighted by molar-refractivity contribution is 8.13. The van der Waals surface area contributed by atoms with Gasteiger partial charge in [0.25, 0.3) is 0 Å². The van der Waals surface area contributed by atoms with Gasteiger partial charge in [-0.15, -0.1) is 0 Å². The number of hydrogen-bond donors (Lipinski definition) is 0. The topological polar surface area (TPSA) is 43.4 Å². The summed E-state index contributed by atoms with van der Waals surface area (Å²) >= 11 is 0. The SMILES string of the molecule is O=S(=O)(Cl)CCCCOCC(F)(F)F. The van der Waals surface area contributed by atoms with E-state index < -0.39 is 21.8 Å². The van der Waals surface area contributed by atoms with E-state index in [4.69, 9.17) is 10.7 Å². The van der Waals surface area contributed by atoms with Crippen molar-refractivity contribution >= 4 is 19.7 Å². The van der Waals surface area contributed by atoms with Crippen LogP contribution < -0.4 is 0 Å². The van der Waals surface area contributed by atoms with Crippen LogP contribution in [0, 0.1) is 0 Å². The van der Waals surface area contributed by atoms with Crippen molar-refractivity contribution in [2.24, 2.45) is 0 Å². The van der Waals surface area contributed by atoms with E-state index in [2.05, 4.69) is 4.74 Å². The smallest absolute Gasteiger partial charge is 0.372 e. The van der Waals surface area contributed by atoms with Crippen LogP contribution in [0.2, 0.25) is 0 Å². The van der Waals surface area contributed by atoms with Crippen LogP contribution in [-0.4, -0.2) is 33.6 Å². The third-order valence-electron chi connectivity index (χ3n) is 1.19. The van der Waals surface area contributed by atoms with E-state index in [0.29, 0.717) is 0 Å². The number of halogens is 4. The first-order valence-electron chi connectivity index (χ1n) is 3.77. The molecule has 0 fully saturated rings. The van der Waals surface area contributed by atoms with Crippen LogP contribution in [0.3, 0.4) is 0 Å². The Morgan fingerprint density at radius 2 is 1.79 bits per heavy atom. The van der Waals surface area contributed by atoms with Gasteiger partial charge in [0.05, 0.1) is 5.75 Å². The first-order chi connectivity index (χ1) is 6.21. The molecule has 0 unspecified atom stereocenters. The highest BCUT2D eigenvalue weighted by Crippen LogP contribution is 2.14.